The summed E-state index contributed by atoms with van der Waals surface area (Å²) in [4.78, 5) is 14.5. The number of imidazole rings is 1. The maximum absolute atomic E-state index is 10.5. The van der Waals surface area contributed by atoms with Crippen molar-refractivity contribution in [2.75, 3.05) is 0 Å². The van der Waals surface area contributed by atoms with Crippen LogP contribution in [0.2, 0.25) is 0 Å². The molecule has 0 aliphatic heterocycles. The fourth-order valence-corrected chi connectivity index (χ4v) is 1.23. The first-order valence-electron chi connectivity index (χ1n) is 4.66. The molecule has 0 bridgehead atoms. The number of aliphatic hydroxyl groups is 1. The molecule has 1 aromatic heterocycles. The van der Waals surface area contributed by atoms with Crippen LogP contribution in [0.4, 0.5) is 0 Å². The van der Waals surface area contributed by atoms with Gasteiger partial charge in [0, 0.05) is 19.2 Å². The van der Waals surface area contributed by atoms with Crippen LogP contribution < -0.4 is 5.73 Å². The molecule has 0 saturated carbocycles. The molecule has 0 radical (unpaired) electrons. The van der Waals surface area contributed by atoms with E-state index < -0.39 is 18.1 Å². The molecule has 0 aliphatic rings. The number of nitrogens with zero attached hydrogens (tertiary/aromatic N) is 2. The summed E-state index contributed by atoms with van der Waals surface area (Å²) >= 11 is 0. The number of hydrogen-bond acceptors (Lipinski definition) is 4. The van der Waals surface area contributed by atoms with E-state index in [9.17, 15) is 4.79 Å². The number of aromatic nitrogens is 2. The van der Waals surface area contributed by atoms with Crippen molar-refractivity contribution in [3.05, 3.63) is 18.2 Å². The number of hydrogen-bond donors (Lipinski definition) is 3. The molecule has 2 atom stereocenters. The number of rotatable bonds is 5. The van der Waals surface area contributed by atoms with E-state index in [-0.39, 0.29) is 6.42 Å². The van der Waals surface area contributed by atoms with E-state index in [1.165, 1.54) is 0 Å². The van der Waals surface area contributed by atoms with Crippen LogP contribution in [-0.2, 0) is 17.8 Å². The Hall–Kier alpha value is -1.40. The Bertz CT molecular complexity index is 335. The lowest BCUT2D eigenvalue weighted by atomic mass is 10.2. The number of carboxylic acids is 1. The average molecular weight is 213 g/mol. The van der Waals surface area contributed by atoms with Gasteiger partial charge in [-0.3, -0.25) is 4.79 Å². The first-order valence-corrected chi connectivity index (χ1v) is 4.66. The highest BCUT2D eigenvalue weighted by Crippen LogP contribution is 2.01. The highest BCUT2D eigenvalue weighted by atomic mass is 16.4. The van der Waals surface area contributed by atoms with Gasteiger partial charge >= 0.3 is 5.97 Å². The van der Waals surface area contributed by atoms with Crippen molar-refractivity contribution in [3.63, 3.8) is 0 Å². The third-order valence-electron chi connectivity index (χ3n) is 1.91. The van der Waals surface area contributed by atoms with Crippen molar-refractivity contribution in [2.45, 2.75) is 32.0 Å². The highest BCUT2D eigenvalue weighted by molar-refractivity contribution is 5.73. The summed E-state index contributed by atoms with van der Waals surface area (Å²) in [6.07, 6.45) is 2.98. The van der Waals surface area contributed by atoms with Crippen LogP contribution in [0, 0.1) is 0 Å². The summed E-state index contributed by atoms with van der Waals surface area (Å²) in [6, 6.07) is -0.931. The van der Waals surface area contributed by atoms with Gasteiger partial charge in [-0.15, -0.1) is 0 Å². The summed E-state index contributed by atoms with van der Waals surface area (Å²) in [5.41, 5.74) is 5.98. The van der Waals surface area contributed by atoms with E-state index in [0.29, 0.717) is 12.2 Å². The predicted octanol–water partition coefficient (Wildman–Crippen LogP) is -0.782. The fourth-order valence-electron chi connectivity index (χ4n) is 1.23. The van der Waals surface area contributed by atoms with Crippen LogP contribution in [0.3, 0.4) is 0 Å². The van der Waals surface area contributed by atoms with Gasteiger partial charge in [0.15, 0.2) is 0 Å². The third-order valence-corrected chi connectivity index (χ3v) is 1.91. The van der Waals surface area contributed by atoms with Crippen molar-refractivity contribution in [2.24, 2.45) is 5.73 Å². The number of carbonyl (C=O) groups is 1. The SMILES string of the molecule is CC(O)Cn1cnc(C[C@H](N)C(=O)O)c1. The van der Waals surface area contributed by atoms with Crippen LogP contribution in [0.5, 0.6) is 0 Å². The first-order chi connectivity index (χ1) is 6.99. The molecule has 0 saturated heterocycles. The second-order valence-corrected chi connectivity index (χ2v) is 3.56. The van der Waals surface area contributed by atoms with Gasteiger partial charge in [-0.25, -0.2) is 4.98 Å². The van der Waals surface area contributed by atoms with Crippen molar-refractivity contribution >= 4 is 5.97 Å². The standard InChI is InChI=1S/C9H15N3O3/c1-6(13)3-12-4-7(11-5-12)2-8(10)9(14)15/h4-6,8,13H,2-3,10H2,1H3,(H,14,15)/t6?,8-/m0/s1. The second kappa shape index (κ2) is 4.90. The number of carboxylic acid groups (broad SMARTS) is 1. The Kier molecular flexibility index (Phi) is 3.81. The molecule has 4 N–H and O–H groups in total. The van der Waals surface area contributed by atoms with Gasteiger partial charge in [-0.2, -0.15) is 0 Å². The lowest BCUT2D eigenvalue weighted by Gasteiger charge is -2.04. The lowest BCUT2D eigenvalue weighted by Crippen LogP contribution is -2.32. The van der Waals surface area contributed by atoms with Crippen LogP contribution in [-0.4, -0.2) is 37.9 Å². The Morgan fingerprint density at radius 2 is 2.40 bits per heavy atom. The zero-order valence-corrected chi connectivity index (χ0v) is 8.50. The maximum Gasteiger partial charge on any atom is 0.320 e. The Morgan fingerprint density at radius 3 is 2.93 bits per heavy atom. The Balaban J connectivity index is 2.56. The molecule has 6 nitrogen and oxygen atoms in total. The largest absolute Gasteiger partial charge is 0.480 e. The monoisotopic (exact) mass is 213 g/mol. The minimum Gasteiger partial charge on any atom is -0.480 e. The van der Waals surface area contributed by atoms with Gasteiger partial charge in [0.2, 0.25) is 0 Å². The fraction of sp³-hybridized carbons (Fsp3) is 0.556. The summed E-state index contributed by atoms with van der Waals surface area (Å²) in [7, 11) is 0. The van der Waals surface area contributed by atoms with E-state index in [0.717, 1.165) is 0 Å². The molecular weight excluding hydrogens is 198 g/mol. The van der Waals surface area contributed by atoms with E-state index in [1.807, 2.05) is 0 Å². The molecule has 0 fully saturated rings. The second-order valence-electron chi connectivity index (χ2n) is 3.56. The van der Waals surface area contributed by atoms with Crippen LogP contribution in [0.25, 0.3) is 0 Å². The van der Waals surface area contributed by atoms with Gasteiger partial charge in [-0.05, 0) is 6.92 Å². The van der Waals surface area contributed by atoms with E-state index in [4.69, 9.17) is 15.9 Å². The lowest BCUT2D eigenvalue weighted by molar-refractivity contribution is -0.138. The molecule has 0 aliphatic carbocycles. The minimum absolute atomic E-state index is 0.197. The topological polar surface area (TPSA) is 101 Å². The van der Waals surface area contributed by atoms with Crippen LogP contribution in [0.15, 0.2) is 12.5 Å². The van der Waals surface area contributed by atoms with Crippen molar-refractivity contribution in [3.8, 4) is 0 Å². The van der Waals surface area contributed by atoms with Gasteiger partial charge in [0.25, 0.3) is 0 Å². The van der Waals surface area contributed by atoms with Crippen LogP contribution >= 0.6 is 0 Å². The molecule has 1 heterocycles. The van der Waals surface area contributed by atoms with Gasteiger partial charge < -0.3 is 20.5 Å². The molecular formula is C9H15N3O3. The smallest absolute Gasteiger partial charge is 0.320 e. The number of aliphatic hydroxyl groups excluding tert-OH is 1. The van der Waals surface area contributed by atoms with E-state index in [2.05, 4.69) is 4.98 Å². The highest BCUT2D eigenvalue weighted by Gasteiger charge is 2.13. The molecule has 0 aromatic carbocycles. The molecule has 0 amide bonds. The molecule has 84 valence electrons. The summed E-state index contributed by atoms with van der Waals surface area (Å²) < 4.78 is 1.70. The normalized spacial score (nSPS) is 14.9. The van der Waals surface area contributed by atoms with E-state index >= 15 is 0 Å². The van der Waals surface area contributed by atoms with Crippen LogP contribution in [0.1, 0.15) is 12.6 Å². The van der Waals surface area contributed by atoms with E-state index in [1.54, 1.807) is 24.0 Å². The van der Waals surface area contributed by atoms with Gasteiger partial charge in [0.1, 0.15) is 6.04 Å². The zero-order chi connectivity index (χ0) is 11.4. The summed E-state index contributed by atoms with van der Waals surface area (Å²) in [5.74, 6) is -1.04. The minimum atomic E-state index is -1.04. The zero-order valence-electron chi connectivity index (χ0n) is 8.50. The molecule has 1 rings (SSSR count). The number of nitrogens with two attached hydrogens (primary N) is 1. The van der Waals surface area contributed by atoms with Gasteiger partial charge in [0.05, 0.1) is 18.1 Å². The molecule has 15 heavy (non-hydrogen) atoms. The predicted molar refractivity (Wildman–Crippen MR) is 53.2 cm³/mol. The first kappa shape index (κ1) is 11.7. The third kappa shape index (κ3) is 3.69. The Morgan fingerprint density at radius 1 is 1.73 bits per heavy atom. The maximum atomic E-state index is 10.5. The van der Waals surface area contributed by atoms with Crippen molar-refractivity contribution in [1.29, 1.82) is 0 Å². The molecule has 1 unspecified atom stereocenters. The van der Waals surface area contributed by atoms with Crippen molar-refractivity contribution in [1.82, 2.24) is 9.55 Å². The molecule has 6 heteroatoms. The van der Waals surface area contributed by atoms with Gasteiger partial charge in [-0.1, -0.05) is 0 Å². The quantitative estimate of drug-likeness (QED) is 0.595. The Labute approximate surface area is 87.3 Å². The summed E-state index contributed by atoms with van der Waals surface area (Å²) in [5, 5.41) is 17.7. The molecule has 0 spiro atoms. The summed E-state index contributed by atoms with van der Waals surface area (Å²) in [6.45, 7) is 2.11. The molecule has 1 aromatic rings. The van der Waals surface area contributed by atoms with Crippen molar-refractivity contribution < 1.29 is 15.0 Å². The average Bonchev–Trinajstić information content (AvgIpc) is 2.51. The number of aliphatic carboxylic acids is 1.